The number of aliphatic hydroxyl groups is 1. The van der Waals surface area contributed by atoms with Crippen LogP contribution in [0.5, 0.6) is 0 Å². The second-order valence-corrected chi connectivity index (χ2v) is 11.3. The quantitative estimate of drug-likeness (QED) is 0.359. The van der Waals surface area contributed by atoms with Gasteiger partial charge in [-0.1, -0.05) is 24.3 Å². The Labute approximate surface area is 214 Å². The number of rotatable bonds is 10. The van der Waals surface area contributed by atoms with Crippen LogP contribution in [0, 0.1) is 5.82 Å². The highest BCUT2D eigenvalue weighted by Crippen LogP contribution is 2.42. The molecule has 3 N–H and O–H groups in total. The van der Waals surface area contributed by atoms with Crippen molar-refractivity contribution in [3.8, 4) is 21.8 Å². The Kier molecular flexibility index (Phi) is 8.34. The van der Waals surface area contributed by atoms with Gasteiger partial charge in [-0.2, -0.15) is 0 Å². The lowest BCUT2D eigenvalue weighted by Crippen LogP contribution is -2.44. The minimum Gasteiger partial charge on any atom is -0.395 e. The van der Waals surface area contributed by atoms with E-state index in [0.717, 1.165) is 31.3 Å². The Morgan fingerprint density at radius 1 is 1.17 bits per heavy atom. The smallest absolute Gasteiger partial charge is 0.232 e. The lowest BCUT2D eigenvalue weighted by Gasteiger charge is -2.32. The van der Waals surface area contributed by atoms with Crippen molar-refractivity contribution in [3.63, 3.8) is 0 Å². The third-order valence-corrected chi connectivity index (χ3v) is 8.28. The van der Waals surface area contributed by atoms with Crippen molar-refractivity contribution in [1.82, 2.24) is 19.9 Å². The minimum atomic E-state index is -3.67. The number of piperazine rings is 1. The third kappa shape index (κ3) is 6.09. The van der Waals surface area contributed by atoms with Crippen molar-refractivity contribution in [2.45, 2.75) is 13.3 Å². The number of halogens is 1. The molecule has 2 aromatic heterocycles. The standard InChI is InChI=1S/C23H30FN7O3S2/c1-3-15-36(33,34)29-17-6-4-5-16(19(17)24)20-21(18-7-8-25-22(27-18)26-9-14-32)35-23(28-20)31-12-10-30(2)11-13-31/h4-8,29,32H,3,9-15H2,1-2H3,(H,25,26,27). The van der Waals surface area contributed by atoms with E-state index in [2.05, 4.69) is 36.9 Å². The summed E-state index contributed by atoms with van der Waals surface area (Å²) in [6, 6.07) is 6.32. The second kappa shape index (κ2) is 11.5. The topological polar surface area (TPSA) is 124 Å². The third-order valence-electron chi connectivity index (χ3n) is 5.66. The summed E-state index contributed by atoms with van der Waals surface area (Å²) < 4.78 is 42.7. The zero-order valence-electron chi connectivity index (χ0n) is 20.2. The van der Waals surface area contributed by atoms with E-state index in [0.29, 0.717) is 35.2 Å². The van der Waals surface area contributed by atoms with E-state index in [1.54, 1.807) is 31.3 Å². The summed E-state index contributed by atoms with van der Waals surface area (Å²) in [7, 11) is -1.60. The molecule has 0 spiro atoms. The fraction of sp³-hybridized carbons (Fsp3) is 0.435. The molecule has 10 nitrogen and oxygen atoms in total. The van der Waals surface area contributed by atoms with Crippen LogP contribution in [0.4, 0.5) is 21.2 Å². The van der Waals surface area contributed by atoms with Crippen molar-refractivity contribution >= 4 is 38.1 Å². The number of hydrogen-bond donors (Lipinski definition) is 3. The predicted octanol–water partition coefficient (Wildman–Crippen LogP) is 2.71. The lowest BCUT2D eigenvalue weighted by atomic mass is 10.1. The summed E-state index contributed by atoms with van der Waals surface area (Å²) in [4.78, 5) is 18.6. The highest BCUT2D eigenvalue weighted by molar-refractivity contribution is 7.92. The van der Waals surface area contributed by atoms with Crippen molar-refractivity contribution in [3.05, 3.63) is 36.3 Å². The van der Waals surface area contributed by atoms with Gasteiger partial charge in [0.1, 0.15) is 0 Å². The number of nitrogens with one attached hydrogen (secondary N) is 2. The largest absolute Gasteiger partial charge is 0.395 e. The van der Waals surface area contributed by atoms with Crippen molar-refractivity contribution in [1.29, 1.82) is 0 Å². The molecule has 36 heavy (non-hydrogen) atoms. The maximum atomic E-state index is 15.7. The van der Waals surface area contributed by atoms with E-state index in [1.807, 2.05) is 0 Å². The van der Waals surface area contributed by atoms with Gasteiger partial charge in [0.05, 0.1) is 34.3 Å². The summed E-state index contributed by atoms with van der Waals surface area (Å²) in [6.07, 6.45) is 2.01. The number of sulfonamides is 1. The lowest BCUT2D eigenvalue weighted by molar-refractivity contribution is 0.311. The number of benzene rings is 1. The van der Waals surface area contributed by atoms with Gasteiger partial charge in [-0.05, 0) is 31.7 Å². The van der Waals surface area contributed by atoms with Gasteiger partial charge in [-0.25, -0.2) is 27.8 Å². The van der Waals surface area contributed by atoms with Crippen LogP contribution < -0.4 is 14.9 Å². The molecule has 13 heteroatoms. The van der Waals surface area contributed by atoms with Crippen molar-refractivity contribution < 1.29 is 17.9 Å². The Hall–Kier alpha value is -2.87. The predicted molar refractivity (Wildman–Crippen MR) is 142 cm³/mol. The van der Waals surface area contributed by atoms with Gasteiger partial charge >= 0.3 is 0 Å². The SMILES string of the molecule is CCCS(=O)(=O)Nc1cccc(-c2nc(N3CCN(C)CC3)sc2-c2ccnc(NCCO)n2)c1F. The van der Waals surface area contributed by atoms with E-state index >= 15 is 4.39 Å². The maximum absolute atomic E-state index is 15.7. The van der Waals surface area contributed by atoms with Crippen LogP contribution in [0.2, 0.25) is 0 Å². The monoisotopic (exact) mass is 535 g/mol. The van der Waals surface area contributed by atoms with Gasteiger partial charge in [-0.15, -0.1) is 0 Å². The van der Waals surface area contributed by atoms with E-state index in [1.165, 1.54) is 17.4 Å². The number of likely N-dealkylation sites (N-methyl/N-ethyl adjacent to an activating group) is 1. The van der Waals surface area contributed by atoms with Crippen LogP contribution in [0.15, 0.2) is 30.5 Å². The van der Waals surface area contributed by atoms with Gasteiger partial charge < -0.3 is 20.2 Å². The first kappa shape index (κ1) is 26.2. The zero-order valence-corrected chi connectivity index (χ0v) is 21.9. The van der Waals surface area contributed by atoms with E-state index in [4.69, 9.17) is 10.1 Å². The van der Waals surface area contributed by atoms with E-state index in [9.17, 15) is 8.42 Å². The van der Waals surface area contributed by atoms with Gasteiger partial charge in [0.2, 0.25) is 16.0 Å². The van der Waals surface area contributed by atoms with Crippen LogP contribution in [0.25, 0.3) is 21.8 Å². The zero-order chi connectivity index (χ0) is 25.7. The number of aliphatic hydroxyl groups excluding tert-OH is 1. The minimum absolute atomic E-state index is 0.0705. The molecule has 0 bridgehead atoms. The summed E-state index contributed by atoms with van der Waals surface area (Å²) in [5, 5.41) is 12.8. The molecule has 0 atom stereocenters. The Balaban J connectivity index is 1.79. The van der Waals surface area contributed by atoms with Gasteiger partial charge in [-0.3, -0.25) is 4.72 Å². The average molecular weight is 536 g/mol. The molecule has 3 heterocycles. The fourth-order valence-corrected chi connectivity index (χ4v) is 6.05. The normalized spacial score (nSPS) is 14.7. The van der Waals surface area contributed by atoms with Gasteiger partial charge in [0.15, 0.2) is 10.9 Å². The molecular formula is C23H30FN7O3S2. The Morgan fingerprint density at radius 3 is 2.67 bits per heavy atom. The van der Waals surface area contributed by atoms with Crippen LogP contribution in [0.1, 0.15) is 13.3 Å². The van der Waals surface area contributed by atoms with Crippen LogP contribution in [-0.4, -0.2) is 85.5 Å². The molecule has 194 valence electrons. The number of nitrogens with zero attached hydrogens (tertiary/aromatic N) is 5. The van der Waals surface area contributed by atoms with E-state index in [-0.39, 0.29) is 23.6 Å². The van der Waals surface area contributed by atoms with Crippen LogP contribution >= 0.6 is 11.3 Å². The molecule has 3 aromatic rings. The first-order valence-electron chi connectivity index (χ1n) is 11.7. The molecule has 0 aliphatic carbocycles. The molecule has 4 rings (SSSR count). The molecule has 1 aromatic carbocycles. The first-order valence-corrected chi connectivity index (χ1v) is 14.2. The highest BCUT2D eigenvalue weighted by Gasteiger charge is 2.25. The molecule has 1 aliphatic heterocycles. The van der Waals surface area contributed by atoms with Gasteiger partial charge in [0.25, 0.3) is 0 Å². The van der Waals surface area contributed by atoms with Crippen LogP contribution in [-0.2, 0) is 10.0 Å². The molecule has 0 radical (unpaired) electrons. The van der Waals surface area contributed by atoms with Crippen molar-refractivity contribution in [2.24, 2.45) is 0 Å². The first-order chi connectivity index (χ1) is 17.3. The number of thiazole rings is 1. The fourth-order valence-electron chi connectivity index (χ4n) is 3.82. The molecular weight excluding hydrogens is 505 g/mol. The number of aromatic nitrogens is 3. The summed E-state index contributed by atoms with van der Waals surface area (Å²) in [5.41, 5.74) is 1.00. The summed E-state index contributed by atoms with van der Waals surface area (Å²) in [5.74, 6) is -0.457. The second-order valence-electron chi connectivity index (χ2n) is 8.47. The Bertz CT molecular complexity index is 1290. The molecule has 0 amide bonds. The van der Waals surface area contributed by atoms with Crippen LogP contribution in [0.3, 0.4) is 0 Å². The van der Waals surface area contributed by atoms with Gasteiger partial charge in [0, 0.05) is 44.5 Å². The molecule has 1 saturated heterocycles. The number of anilines is 3. The summed E-state index contributed by atoms with van der Waals surface area (Å²) in [6.45, 7) is 5.31. The molecule has 1 fully saturated rings. The maximum Gasteiger partial charge on any atom is 0.232 e. The highest BCUT2D eigenvalue weighted by atomic mass is 32.2. The average Bonchev–Trinajstić information content (AvgIpc) is 3.30. The molecule has 0 saturated carbocycles. The number of hydrogen-bond acceptors (Lipinski definition) is 10. The molecule has 1 aliphatic rings. The Morgan fingerprint density at radius 2 is 1.94 bits per heavy atom. The van der Waals surface area contributed by atoms with Crippen molar-refractivity contribution in [2.75, 3.05) is 67.1 Å². The summed E-state index contributed by atoms with van der Waals surface area (Å²) >= 11 is 1.41. The molecule has 0 unspecified atom stereocenters. The van der Waals surface area contributed by atoms with E-state index < -0.39 is 15.8 Å².